The number of nitrogens with one attached hydrogen (secondary N) is 1. The Bertz CT molecular complexity index is 1130. The highest BCUT2D eigenvalue weighted by Crippen LogP contribution is 2.33. The van der Waals surface area contributed by atoms with Gasteiger partial charge in [-0.3, -0.25) is 14.9 Å². The summed E-state index contributed by atoms with van der Waals surface area (Å²) in [5, 5.41) is 14.0. The summed E-state index contributed by atoms with van der Waals surface area (Å²) in [4.78, 5) is 23.7. The summed E-state index contributed by atoms with van der Waals surface area (Å²) < 4.78 is 11.1. The summed E-state index contributed by atoms with van der Waals surface area (Å²) in [7, 11) is 0. The summed E-state index contributed by atoms with van der Waals surface area (Å²) in [6.07, 6.45) is 1.63. The van der Waals surface area contributed by atoms with E-state index in [-0.39, 0.29) is 11.6 Å². The Kier molecular flexibility index (Phi) is 5.43. The van der Waals surface area contributed by atoms with Crippen LogP contribution in [0.15, 0.2) is 72.8 Å². The number of hydrogen-bond donors (Lipinski definition) is 1. The minimum absolute atomic E-state index is 0.0385. The molecule has 0 unspecified atom stereocenters. The van der Waals surface area contributed by atoms with Crippen LogP contribution in [0.1, 0.15) is 11.1 Å². The number of nitrogens with zero attached hydrogens (tertiary/aromatic N) is 1. The van der Waals surface area contributed by atoms with Crippen molar-refractivity contribution in [3.8, 4) is 11.5 Å². The Morgan fingerprint density at radius 2 is 1.70 bits per heavy atom. The first-order valence-corrected chi connectivity index (χ1v) is 9.33. The summed E-state index contributed by atoms with van der Waals surface area (Å²) in [5.74, 6) is 0.863. The van der Waals surface area contributed by atoms with Gasteiger partial charge in [-0.05, 0) is 29.3 Å². The molecule has 0 bridgehead atoms. The molecule has 1 heterocycles. The molecule has 150 valence electrons. The summed E-state index contributed by atoms with van der Waals surface area (Å²) in [6.45, 7) is 0.940. The molecule has 0 fully saturated rings. The SMILES string of the molecule is O=C(Nc1ccc2c(c1)OCCO2)/C(=C\c1cccc([N+](=O)[O-])c1)c1ccccc1. The highest BCUT2D eigenvalue weighted by Gasteiger charge is 2.16. The molecule has 1 aliphatic heterocycles. The maximum absolute atomic E-state index is 13.1. The lowest BCUT2D eigenvalue weighted by Crippen LogP contribution is -2.17. The van der Waals surface area contributed by atoms with Crippen molar-refractivity contribution in [3.05, 3.63) is 94.0 Å². The zero-order valence-corrected chi connectivity index (χ0v) is 15.9. The Morgan fingerprint density at radius 3 is 2.47 bits per heavy atom. The maximum atomic E-state index is 13.1. The fourth-order valence-corrected chi connectivity index (χ4v) is 3.11. The number of ether oxygens (including phenoxy) is 2. The van der Waals surface area contributed by atoms with E-state index in [1.54, 1.807) is 36.4 Å². The van der Waals surface area contributed by atoms with Gasteiger partial charge < -0.3 is 14.8 Å². The highest BCUT2D eigenvalue weighted by atomic mass is 16.6. The van der Waals surface area contributed by atoms with E-state index in [4.69, 9.17) is 9.47 Å². The van der Waals surface area contributed by atoms with Gasteiger partial charge in [-0.1, -0.05) is 42.5 Å². The molecule has 1 aliphatic rings. The largest absolute Gasteiger partial charge is 0.486 e. The zero-order chi connectivity index (χ0) is 20.9. The molecule has 0 atom stereocenters. The predicted octanol–water partition coefficient (Wildman–Crippen LogP) is 4.55. The third-order valence-corrected chi connectivity index (χ3v) is 4.52. The van der Waals surface area contributed by atoms with Crippen LogP contribution in [0.25, 0.3) is 11.6 Å². The van der Waals surface area contributed by atoms with E-state index in [1.807, 2.05) is 30.3 Å². The van der Waals surface area contributed by atoms with Gasteiger partial charge in [0, 0.05) is 29.5 Å². The van der Waals surface area contributed by atoms with Crippen molar-refractivity contribution in [2.75, 3.05) is 18.5 Å². The molecule has 30 heavy (non-hydrogen) atoms. The smallest absolute Gasteiger partial charge is 0.270 e. The van der Waals surface area contributed by atoms with Crippen LogP contribution in [0.3, 0.4) is 0 Å². The lowest BCUT2D eigenvalue weighted by atomic mass is 10.0. The van der Waals surface area contributed by atoms with E-state index in [0.717, 1.165) is 0 Å². The van der Waals surface area contributed by atoms with Crippen LogP contribution in [0.4, 0.5) is 11.4 Å². The number of hydrogen-bond acceptors (Lipinski definition) is 5. The first kappa shape index (κ1) is 19.2. The molecule has 0 aromatic heterocycles. The van der Waals surface area contributed by atoms with Crippen LogP contribution in [0, 0.1) is 10.1 Å². The van der Waals surface area contributed by atoms with Crippen molar-refractivity contribution in [2.24, 2.45) is 0 Å². The number of fused-ring (bicyclic) bond motifs is 1. The molecule has 3 aromatic rings. The van der Waals surface area contributed by atoms with Gasteiger partial charge in [0.2, 0.25) is 0 Å². The van der Waals surface area contributed by atoms with Crippen molar-refractivity contribution in [2.45, 2.75) is 0 Å². The highest BCUT2D eigenvalue weighted by molar-refractivity contribution is 6.29. The van der Waals surface area contributed by atoms with Gasteiger partial charge in [0.1, 0.15) is 13.2 Å². The van der Waals surface area contributed by atoms with Crippen LogP contribution in [-0.2, 0) is 4.79 Å². The Hall–Kier alpha value is -4.13. The van der Waals surface area contributed by atoms with Crippen LogP contribution in [-0.4, -0.2) is 24.0 Å². The Morgan fingerprint density at radius 1 is 0.933 bits per heavy atom. The summed E-state index contributed by atoms with van der Waals surface area (Å²) in [5.41, 5.74) is 2.15. The number of rotatable bonds is 5. The van der Waals surface area contributed by atoms with Gasteiger partial charge in [0.15, 0.2) is 11.5 Å². The number of amides is 1. The maximum Gasteiger partial charge on any atom is 0.270 e. The number of carbonyl (C=O) groups is 1. The molecule has 0 saturated heterocycles. The average molecular weight is 402 g/mol. The molecule has 7 nitrogen and oxygen atoms in total. The molecule has 0 aliphatic carbocycles. The van der Waals surface area contributed by atoms with Crippen molar-refractivity contribution in [1.29, 1.82) is 0 Å². The molecule has 0 radical (unpaired) electrons. The molecule has 7 heteroatoms. The fourth-order valence-electron chi connectivity index (χ4n) is 3.11. The molecular weight excluding hydrogens is 384 g/mol. The topological polar surface area (TPSA) is 90.7 Å². The van der Waals surface area contributed by atoms with Crippen LogP contribution >= 0.6 is 0 Å². The molecule has 0 saturated carbocycles. The average Bonchev–Trinajstić information content (AvgIpc) is 2.78. The normalized spacial score (nSPS) is 12.9. The lowest BCUT2D eigenvalue weighted by molar-refractivity contribution is -0.384. The number of benzene rings is 3. The minimum Gasteiger partial charge on any atom is -0.486 e. The number of non-ortho nitro benzene ring substituents is 1. The minimum atomic E-state index is -0.464. The summed E-state index contributed by atoms with van der Waals surface area (Å²) >= 11 is 0. The van der Waals surface area contributed by atoms with Gasteiger partial charge in [-0.15, -0.1) is 0 Å². The number of carbonyl (C=O) groups excluding carboxylic acids is 1. The molecule has 3 aromatic carbocycles. The number of anilines is 1. The number of nitro benzene ring substituents is 1. The van der Waals surface area contributed by atoms with Crippen molar-refractivity contribution in [3.63, 3.8) is 0 Å². The van der Waals surface area contributed by atoms with Crippen molar-refractivity contribution >= 4 is 28.9 Å². The van der Waals surface area contributed by atoms with Crippen LogP contribution in [0.2, 0.25) is 0 Å². The Labute approximate surface area is 172 Å². The van der Waals surface area contributed by atoms with Crippen LogP contribution < -0.4 is 14.8 Å². The van der Waals surface area contributed by atoms with Gasteiger partial charge in [0.25, 0.3) is 11.6 Å². The van der Waals surface area contributed by atoms with Crippen molar-refractivity contribution < 1.29 is 19.2 Å². The van der Waals surface area contributed by atoms with Crippen LogP contribution in [0.5, 0.6) is 11.5 Å². The van der Waals surface area contributed by atoms with Gasteiger partial charge in [-0.2, -0.15) is 0 Å². The molecule has 1 N–H and O–H groups in total. The van der Waals surface area contributed by atoms with Gasteiger partial charge >= 0.3 is 0 Å². The second-order valence-corrected chi connectivity index (χ2v) is 6.59. The molecule has 4 rings (SSSR count). The zero-order valence-electron chi connectivity index (χ0n) is 15.9. The number of nitro groups is 1. The first-order valence-electron chi connectivity index (χ1n) is 9.33. The van der Waals surface area contributed by atoms with E-state index < -0.39 is 4.92 Å². The second-order valence-electron chi connectivity index (χ2n) is 6.59. The molecule has 1 amide bonds. The fraction of sp³-hybridized carbons (Fsp3) is 0.0870. The summed E-state index contributed by atoms with van der Waals surface area (Å²) in [6, 6.07) is 20.5. The lowest BCUT2D eigenvalue weighted by Gasteiger charge is -2.19. The first-order chi connectivity index (χ1) is 14.6. The Balaban J connectivity index is 1.67. The van der Waals surface area contributed by atoms with Gasteiger partial charge in [-0.25, -0.2) is 0 Å². The van der Waals surface area contributed by atoms with E-state index in [0.29, 0.717) is 47.1 Å². The molecule has 0 spiro atoms. The standard InChI is InChI=1S/C23H18N2O5/c26-23(24-18-9-10-21-22(15-18)30-12-11-29-21)20(17-6-2-1-3-7-17)14-16-5-4-8-19(13-16)25(27)28/h1-10,13-15H,11-12H2,(H,24,26)/b20-14-. The van der Waals surface area contributed by atoms with Crippen molar-refractivity contribution in [1.82, 2.24) is 0 Å². The monoisotopic (exact) mass is 402 g/mol. The third-order valence-electron chi connectivity index (χ3n) is 4.52. The van der Waals surface area contributed by atoms with E-state index in [9.17, 15) is 14.9 Å². The predicted molar refractivity (Wildman–Crippen MR) is 113 cm³/mol. The van der Waals surface area contributed by atoms with E-state index in [2.05, 4.69) is 5.32 Å². The quantitative estimate of drug-likeness (QED) is 0.293. The molecular formula is C23H18N2O5. The van der Waals surface area contributed by atoms with Gasteiger partial charge in [0.05, 0.1) is 4.92 Å². The third kappa shape index (κ3) is 4.30. The second kappa shape index (κ2) is 8.48. The van der Waals surface area contributed by atoms with E-state index >= 15 is 0 Å². The van der Waals surface area contributed by atoms with E-state index in [1.165, 1.54) is 12.1 Å².